The van der Waals surface area contributed by atoms with Crippen molar-refractivity contribution < 1.29 is 22.7 Å². The molecular formula is C20H21ClFN5O4S. The highest BCUT2D eigenvalue weighted by molar-refractivity contribution is 7.92. The van der Waals surface area contributed by atoms with Crippen molar-refractivity contribution in [3.8, 4) is 5.75 Å². The van der Waals surface area contributed by atoms with E-state index in [2.05, 4.69) is 19.8 Å². The molecule has 0 aliphatic heterocycles. The number of aryl methyl sites for hydroxylation is 1. The van der Waals surface area contributed by atoms with Gasteiger partial charge in [0.25, 0.3) is 10.0 Å². The number of nitrogens with zero attached hydrogens (tertiary/aromatic N) is 4. The van der Waals surface area contributed by atoms with Gasteiger partial charge >= 0.3 is 0 Å². The van der Waals surface area contributed by atoms with Crippen LogP contribution in [-0.4, -0.2) is 45.5 Å². The molecule has 3 atom stereocenters. The monoisotopic (exact) mass is 481 g/mol. The van der Waals surface area contributed by atoms with Crippen LogP contribution in [0.4, 0.5) is 10.2 Å². The lowest BCUT2D eigenvalue weighted by atomic mass is 9.82. The Morgan fingerprint density at radius 1 is 1.28 bits per heavy atom. The van der Waals surface area contributed by atoms with E-state index in [1.165, 1.54) is 12.3 Å². The van der Waals surface area contributed by atoms with Gasteiger partial charge in [-0.15, -0.1) is 0 Å². The van der Waals surface area contributed by atoms with Gasteiger partial charge in [0.05, 0.1) is 11.1 Å². The molecule has 0 saturated heterocycles. The maximum atomic E-state index is 14.8. The van der Waals surface area contributed by atoms with Crippen LogP contribution in [0.3, 0.4) is 0 Å². The molecule has 1 saturated carbocycles. The molecule has 2 aromatic heterocycles. The number of aliphatic hydroxyl groups excluding tert-OH is 1. The van der Waals surface area contributed by atoms with E-state index in [1.54, 1.807) is 17.9 Å². The van der Waals surface area contributed by atoms with E-state index in [0.717, 1.165) is 24.2 Å². The number of hydrogen-bond acceptors (Lipinski definition) is 7. The van der Waals surface area contributed by atoms with Crippen LogP contribution in [0.2, 0.25) is 5.02 Å². The molecule has 0 amide bonds. The molecule has 170 valence electrons. The third kappa shape index (κ3) is 4.69. The van der Waals surface area contributed by atoms with E-state index in [0.29, 0.717) is 19.3 Å². The number of rotatable bonds is 6. The molecule has 1 aromatic carbocycles. The van der Waals surface area contributed by atoms with Gasteiger partial charge in [-0.25, -0.2) is 22.8 Å². The van der Waals surface area contributed by atoms with Crippen molar-refractivity contribution in [1.29, 1.82) is 0 Å². The van der Waals surface area contributed by atoms with Crippen molar-refractivity contribution in [3.05, 3.63) is 59.5 Å². The van der Waals surface area contributed by atoms with Gasteiger partial charge in [0, 0.05) is 37.1 Å². The summed E-state index contributed by atoms with van der Waals surface area (Å²) in [5, 5.41) is 14.3. The summed E-state index contributed by atoms with van der Waals surface area (Å²) in [6.45, 7) is 0. The minimum atomic E-state index is -4.28. The molecule has 32 heavy (non-hydrogen) atoms. The zero-order valence-electron chi connectivity index (χ0n) is 17.0. The molecule has 0 radical (unpaired) electrons. The Hall–Kier alpha value is -2.76. The molecule has 2 N–H and O–H groups in total. The van der Waals surface area contributed by atoms with Crippen LogP contribution in [-0.2, 0) is 17.1 Å². The van der Waals surface area contributed by atoms with Gasteiger partial charge in [0.15, 0.2) is 0 Å². The summed E-state index contributed by atoms with van der Waals surface area (Å²) in [6.07, 6.45) is 4.79. The molecule has 0 unspecified atom stereocenters. The highest BCUT2D eigenvalue weighted by Crippen LogP contribution is 2.38. The lowest BCUT2D eigenvalue weighted by Crippen LogP contribution is -2.35. The lowest BCUT2D eigenvalue weighted by Gasteiger charge is -2.34. The lowest BCUT2D eigenvalue weighted by molar-refractivity contribution is 0.0462. The minimum Gasteiger partial charge on any atom is -0.488 e. The van der Waals surface area contributed by atoms with Crippen LogP contribution in [0.5, 0.6) is 5.75 Å². The van der Waals surface area contributed by atoms with Crippen molar-refractivity contribution in [2.45, 2.75) is 42.3 Å². The van der Waals surface area contributed by atoms with Crippen LogP contribution in [0.15, 0.2) is 47.9 Å². The van der Waals surface area contributed by atoms with E-state index in [4.69, 9.17) is 16.3 Å². The van der Waals surface area contributed by atoms with Crippen molar-refractivity contribution in [2.75, 3.05) is 4.72 Å². The molecule has 3 aromatic rings. The fourth-order valence-electron chi connectivity index (χ4n) is 3.83. The van der Waals surface area contributed by atoms with E-state index in [1.807, 2.05) is 6.07 Å². The van der Waals surface area contributed by atoms with E-state index in [9.17, 15) is 17.9 Å². The van der Waals surface area contributed by atoms with Gasteiger partial charge in [-0.1, -0.05) is 11.6 Å². The quantitative estimate of drug-likeness (QED) is 0.555. The molecule has 0 spiro atoms. The normalized spacial score (nSPS) is 21.3. The summed E-state index contributed by atoms with van der Waals surface area (Å²) in [6, 6.07) is 5.15. The van der Waals surface area contributed by atoms with Crippen LogP contribution >= 0.6 is 11.6 Å². The first-order chi connectivity index (χ1) is 15.2. The average Bonchev–Trinajstić information content (AvgIpc) is 3.17. The molecule has 1 aliphatic carbocycles. The Morgan fingerprint density at radius 3 is 2.78 bits per heavy atom. The number of ether oxygens (including phenoxy) is 1. The third-order valence-corrected chi connectivity index (χ3v) is 7.04. The van der Waals surface area contributed by atoms with Crippen LogP contribution in [0.1, 0.15) is 30.9 Å². The zero-order chi connectivity index (χ0) is 22.9. The highest BCUT2D eigenvalue weighted by atomic mass is 35.5. The first kappa shape index (κ1) is 22.4. The Balaban J connectivity index is 1.60. The molecule has 1 fully saturated rings. The minimum absolute atomic E-state index is 0.00405. The van der Waals surface area contributed by atoms with Gasteiger partial charge in [0.1, 0.15) is 34.7 Å². The second kappa shape index (κ2) is 9.00. The number of hydrogen-bond donors (Lipinski definition) is 2. The largest absolute Gasteiger partial charge is 0.488 e. The standard InChI is InChI=1S/C20H21ClFN5O4S/c1-27-16(4-7-25-27)13-8-12(28)2-3-17(13)31-18-10-15(22)19(9-14(18)21)32(29,30)26-20-5-6-23-11-24-20/h4-7,9-13,17,28H,2-3,8H2,1H3,(H,23,24,26)/t12-,13+,17-/m0/s1. The zero-order valence-corrected chi connectivity index (χ0v) is 18.6. The number of benzene rings is 1. The Kier molecular flexibility index (Phi) is 6.31. The van der Waals surface area contributed by atoms with Crippen LogP contribution in [0.25, 0.3) is 0 Å². The number of anilines is 1. The maximum Gasteiger partial charge on any atom is 0.266 e. The molecule has 12 heteroatoms. The second-order valence-corrected chi connectivity index (χ2v) is 9.58. The molecule has 0 bridgehead atoms. The second-order valence-electron chi connectivity index (χ2n) is 7.52. The maximum absolute atomic E-state index is 14.8. The number of aromatic nitrogens is 4. The predicted molar refractivity (Wildman–Crippen MR) is 114 cm³/mol. The van der Waals surface area contributed by atoms with Crippen molar-refractivity contribution in [1.82, 2.24) is 19.7 Å². The summed E-state index contributed by atoms with van der Waals surface area (Å²) in [5.74, 6) is -1.18. The molecule has 1 aliphatic rings. The Labute approximate surface area is 189 Å². The van der Waals surface area contributed by atoms with E-state index in [-0.39, 0.29) is 22.5 Å². The summed E-state index contributed by atoms with van der Waals surface area (Å²) >= 11 is 6.29. The fraction of sp³-hybridized carbons (Fsp3) is 0.350. The van der Waals surface area contributed by atoms with Gasteiger partial charge in [-0.3, -0.25) is 9.40 Å². The van der Waals surface area contributed by atoms with Crippen LogP contribution in [0, 0.1) is 5.82 Å². The predicted octanol–water partition coefficient (Wildman–Crippen LogP) is 2.88. The summed E-state index contributed by atoms with van der Waals surface area (Å²) < 4.78 is 50.0. The van der Waals surface area contributed by atoms with Crippen molar-refractivity contribution >= 4 is 27.4 Å². The Bertz CT molecular complexity index is 1210. The summed E-state index contributed by atoms with van der Waals surface area (Å²) in [5.41, 5.74) is 0.874. The SMILES string of the molecule is Cn1nccc1[C@H]1C[C@@H](O)CC[C@@H]1Oc1cc(F)c(S(=O)(=O)Nc2ccncn2)cc1Cl. The molecule has 2 heterocycles. The van der Waals surface area contributed by atoms with Gasteiger partial charge in [0.2, 0.25) is 0 Å². The highest BCUT2D eigenvalue weighted by Gasteiger charge is 2.35. The molecule has 9 nitrogen and oxygen atoms in total. The fourth-order valence-corrected chi connectivity index (χ4v) is 5.20. The topological polar surface area (TPSA) is 119 Å². The van der Waals surface area contributed by atoms with E-state index >= 15 is 0 Å². The summed E-state index contributed by atoms with van der Waals surface area (Å²) in [4.78, 5) is 6.85. The summed E-state index contributed by atoms with van der Waals surface area (Å²) in [7, 11) is -2.48. The number of nitrogens with one attached hydrogen (secondary N) is 1. The average molecular weight is 482 g/mol. The first-order valence-electron chi connectivity index (χ1n) is 9.85. The number of aliphatic hydroxyl groups is 1. The Morgan fingerprint density at radius 2 is 2.09 bits per heavy atom. The number of halogens is 2. The van der Waals surface area contributed by atoms with E-state index < -0.39 is 32.9 Å². The number of sulfonamides is 1. The van der Waals surface area contributed by atoms with Crippen LogP contribution < -0.4 is 9.46 Å². The van der Waals surface area contributed by atoms with Gasteiger partial charge in [-0.05, 0) is 37.5 Å². The molecular weight excluding hydrogens is 461 g/mol. The van der Waals surface area contributed by atoms with Crippen molar-refractivity contribution in [3.63, 3.8) is 0 Å². The first-order valence-corrected chi connectivity index (χ1v) is 11.7. The van der Waals surface area contributed by atoms with Gasteiger partial charge in [-0.2, -0.15) is 5.10 Å². The molecule has 4 rings (SSSR count). The smallest absolute Gasteiger partial charge is 0.266 e. The van der Waals surface area contributed by atoms with Gasteiger partial charge < -0.3 is 9.84 Å². The van der Waals surface area contributed by atoms with Crippen molar-refractivity contribution in [2.24, 2.45) is 7.05 Å². The third-order valence-electron chi connectivity index (χ3n) is 5.37.